The smallest absolute Gasteiger partial charge is 0.224 e. The van der Waals surface area contributed by atoms with Gasteiger partial charge in [-0.15, -0.1) is 0 Å². The van der Waals surface area contributed by atoms with Crippen LogP contribution in [0, 0.1) is 0 Å². The molecule has 0 radical (unpaired) electrons. The van der Waals surface area contributed by atoms with Crippen LogP contribution >= 0.6 is 0 Å². The number of hydrogen-bond donors (Lipinski definition) is 1. The van der Waals surface area contributed by atoms with Crippen molar-refractivity contribution in [1.29, 1.82) is 0 Å². The van der Waals surface area contributed by atoms with E-state index in [2.05, 4.69) is 10.2 Å². The van der Waals surface area contributed by atoms with Crippen LogP contribution in [-0.4, -0.2) is 76.2 Å². The lowest BCUT2D eigenvalue weighted by Crippen LogP contribution is -2.49. The minimum absolute atomic E-state index is 0.0186. The van der Waals surface area contributed by atoms with E-state index in [0.29, 0.717) is 39.1 Å². The molecule has 0 spiro atoms. The molecule has 1 saturated heterocycles. The molecule has 1 N–H and O–H groups in total. The van der Waals surface area contributed by atoms with Gasteiger partial charge in [0.1, 0.15) is 5.75 Å². The molecule has 8 heteroatoms. The number of rotatable bonds is 7. The number of piperazine rings is 1. The number of amides is 1. The zero-order valence-corrected chi connectivity index (χ0v) is 15.0. The maximum Gasteiger partial charge on any atom is 0.224 e. The quantitative estimate of drug-likeness (QED) is 0.741. The average Bonchev–Trinajstić information content (AvgIpc) is 2.55. The van der Waals surface area contributed by atoms with E-state index >= 15 is 0 Å². The monoisotopic (exact) mass is 355 g/mol. The van der Waals surface area contributed by atoms with Gasteiger partial charge in [-0.05, 0) is 17.7 Å². The third-order valence-electron chi connectivity index (χ3n) is 4.07. The van der Waals surface area contributed by atoms with Gasteiger partial charge < -0.3 is 10.1 Å². The summed E-state index contributed by atoms with van der Waals surface area (Å²) in [4.78, 5) is 14.1. The molecule has 1 amide bonds. The second-order valence-electron chi connectivity index (χ2n) is 5.88. The Morgan fingerprint density at radius 2 is 1.79 bits per heavy atom. The largest absolute Gasteiger partial charge is 0.497 e. The molecule has 7 nitrogen and oxygen atoms in total. The standard InChI is InChI=1S/C16H25N3O4S/c1-23-15-5-3-14(4-6-15)13-16(20)17-7-8-18-9-11-19(12-10-18)24(2,21)22/h3-6H,7-13H2,1-2H3,(H,17,20). The fourth-order valence-corrected chi connectivity index (χ4v) is 3.46. The minimum atomic E-state index is -3.09. The first-order valence-electron chi connectivity index (χ1n) is 7.95. The molecule has 0 aliphatic carbocycles. The molecule has 1 aliphatic heterocycles. The summed E-state index contributed by atoms with van der Waals surface area (Å²) in [6.45, 7) is 3.71. The van der Waals surface area contributed by atoms with Gasteiger partial charge in [0.05, 0.1) is 19.8 Å². The van der Waals surface area contributed by atoms with E-state index in [9.17, 15) is 13.2 Å². The van der Waals surface area contributed by atoms with E-state index in [-0.39, 0.29) is 5.91 Å². The van der Waals surface area contributed by atoms with Crippen LogP contribution in [0.25, 0.3) is 0 Å². The summed E-state index contributed by atoms with van der Waals surface area (Å²) < 4.78 is 29.5. The van der Waals surface area contributed by atoms with E-state index in [1.165, 1.54) is 10.6 Å². The average molecular weight is 355 g/mol. The molecule has 134 valence electrons. The molecular weight excluding hydrogens is 330 g/mol. The SMILES string of the molecule is COc1ccc(CC(=O)NCCN2CCN(S(C)(=O)=O)CC2)cc1. The highest BCUT2D eigenvalue weighted by Crippen LogP contribution is 2.11. The Kier molecular flexibility index (Phi) is 6.59. The van der Waals surface area contributed by atoms with E-state index in [4.69, 9.17) is 4.74 Å². The number of ether oxygens (including phenoxy) is 1. The van der Waals surface area contributed by atoms with E-state index in [1.807, 2.05) is 24.3 Å². The minimum Gasteiger partial charge on any atom is -0.497 e. The predicted molar refractivity (Wildman–Crippen MR) is 92.6 cm³/mol. The van der Waals surface area contributed by atoms with Crippen LogP contribution in [-0.2, 0) is 21.2 Å². The van der Waals surface area contributed by atoms with Crippen molar-refractivity contribution in [1.82, 2.24) is 14.5 Å². The van der Waals surface area contributed by atoms with Crippen molar-refractivity contribution >= 4 is 15.9 Å². The zero-order chi connectivity index (χ0) is 17.6. The number of carbonyl (C=O) groups excluding carboxylic acids is 1. The Morgan fingerprint density at radius 1 is 1.17 bits per heavy atom. The lowest BCUT2D eigenvalue weighted by Gasteiger charge is -2.33. The van der Waals surface area contributed by atoms with Crippen LogP contribution in [0.5, 0.6) is 5.75 Å². The highest BCUT2D eigenvalue weighted by atomic mass is 32.2. The van der Waals surface area contributed by atoms with Gasteiger partial charge in [0, 0.05) is 39.3 Å². The summed E-state index contributed by atoms with van der Waals surface area (Å²) >= 11 is 0. The first-order chi connectivity index (χ1) is 11.4. The third-order valence-corrected chi connectivity index (χ3v) is 5.38. The van der Waals surface area contributed by atoms with Gasteiger partial charge in [0.15, 0.2) is 0 Å². The molecule has 0 aromatic heterocycles. The summed E-state index contributed by atoms with van der Waals surface area (Å²) in [5, 5.41) is 2.90. The Hall–Kier alpha value is -1.64. The zero-order valence-electron chi connectivity index (χ0n) is 14.2. The maximum atomic E-state index is 11.9. The molecule has 1 aromatic carbocycles. The number of benzene rings is 1. The lowest BCUT2D eigenvalue weighted by atomic mass is 10.1. The Balaban J connectivity index is 1.66. The van der Waals surface area contributed by atoms with Gasteiger partial charge in [-0.1, -0.05) is 12.1 Å². The van der Waals surface area contributed by atoms with Crippen molar-refractivity contribution in [3.63, 3.8) is 0 Å². The first kappa shape index (κ1) is 18.7. The van der Waals surface area contributed by atoms with Gasteiger partial charge >= 0.3 is 0 Å². The number of nitrogens with zero attached hydrogens (tertiary/aromatic N) is 2. The molecule has 1 aliphatic rings. The number of nitrogens with one attached hydrogen (secondary N) is 1. The van der Waals surface area contributed by atoms with Gasteiger partial charge in [-0.2, -0.15) is 4.31 Å². The van der Waals surface area contributed by atoms with Crippen LogP contribution in [0.3, 0.4) is 0 Å². The van der Waals surface area contributed by atoms with Crippen molar-refractivity contribution in [3.05, 3.63) is 29.8 Å². The number of sulfonamides is 1. The summed E-state index contributed by atoms with van der Waals surface area (Å²) in [5.74, 6) is 0.752. The van der Waals surface area contributed by atoms with Crippen LogP contribution in [0.4, 0.5) is 0 Å². The van der Waals surface area contributed by atoms with Crippen LogP contribution in [0.2, 0.25) is 0 Å². The molecule has 0 saturated carbocycles. The molecule has 2 rings (SSSR count). The van der Waals surface area contributed by atoms with Crippen molar-refractivity contribution in [2.45, 2.75) is 6.42 Å². The second-order valence-corrected chi connectivity index (χ2v) is 7.86. The Labute approximate surface area is 143 Å². The van der Waals surface area contributed by atoms with Crippen molar-refractivity contribution in [3.8, 4) is 5.75 Å². The third kappa shape index (κ3) is 5.77. The van der Waals surface area contributed by atoms with Crippen LogP contribution < -0.4 is 10.1 Å². The van der Waals surface area contributed by atoms with Crippen LogP contribution in [0.15, 0.2) is 24.3 Å². The lowest BCUT2D eigenvalue weighted by molar-refractivity contribution is -0.120. The highest BCUT2D eigenvalue weighted by Gasteiger charge is 2.22. The van der Waals surface area contributed by atoms with E-state index in [0.717, 1.165) is 17.9 Å². The van der Waals surface area contributed by atoms with Crippen molar-refractivity contribution < 1.29 is 17.9 Å². The summed E-state index contributed by atoms with van der Waals surface area (Å²) in [6, 6.07) is 7.43. The first-order valence-corrected chi connectivity index (χ1v) is 9.80. The Bertz CT molecular complexity index is 638. The predicted octanol–water partition coefficient (Wildman–Crippen LogP) is -0.0689. The second kappa shape index (κ2) is 8.46. The summed E-state index contributed by atoms with van der Waals surface area (Å²) in [5.41, 5.74) is 0.940. The maximum absolute atomic E-state index is 11.9. The van der Waals surface area contributed by atoms with Gasteiger partial charge in [-0.3, -0.25) is 9.69 Å². The Morgan fingerprint density at radius 3 is 2.33 bits per heavy atom. The normalized spacial score (nSPS) is 16.8. The molecule has 0 bridgehead atoms. The summed E-state index contributed by atoms with van der Waals surface area (Å²) in [6.07, 6.45) is 1.58. The summed E-state index contributed by atoms with van der Waals surface area (Å²) in [7, 11) is -1.49. The number of methoxy groups -OCH3 is 1. The molecule has 1 fully saturated rings. The fourth-order valence-electron chi connectivity index (χ4n) is 2.63. The molecule has 1 heterocycles. The van der Waals surface area contributed by atoms with Gasteiger partial charge in [0.2, 0.25) is 15.9 Å². The molecule has 0 atom stereocenters. The van der Waals surface area contributed by atoms with Gasteiger partial charge in [-0.25, -0.2) is 8.42 Å². The van der Waals surface area contributed by atoms with E-state index < -0.39 is 10.0 Å². The fraction of sp³-hybridized carbons (Fsp3) is 0.562. The highest BCUT2D eigenvalue weighted by molar-refractivity contribution is 7.88. The topological polar surface area (TPSA) is 79.0 Å². The van der Waals surface area contributed by atoms with Crippen molar-refractivity contribution in [2.75, 3.05) is 52.6 Å². The number of carbonyl (C=O) groups is 1. The molecule has 0 unspecified atom stereocenters. The number of hydrogen-bond acceptors (Lipinski definition) is 5. The molecular formula is C16H25N3O4S. The molecule has 1 aromatic rings. The van der Waals surface area contributed by atoms with Gasteiger partial charge in [0.25, 0.3) is 0 Å². The molecule has 24 heavy (non-hydrogen) atoms. The van der Waals surface area contributed by atoms with Crippen molar-refractivity contribution in [2.24, 2.45) is 0 Å². The van der Waals surface area contributed by atoms with Crippen LogP contribution in [0.1, 0.15) is 5.56 Å². The van der Waals surface area contributed by atoms with E-state index in [1.54, 1.807) is 7.11 Å².